The summed E-state index contributed by atoms with van der Waals surface area (Å²) in [5, 5.41) is 3.38. The van der Waals surface area contributed by atoms with Crippen molar-refractivity contribution in [2.24, 2.45) is 0 Å². The monoisotopic (exact) mass is 318 g/mol. The number of rotatable bonds is 4. The maximum atomic E-state index is 4.60. The minimum Gasteiger partial charge on any atom is -0.329 e. The second-order valence-electron chi connectivity index (χ2n) is 5.45. The molecule has 0 radical (unpaired) electrons. The van der Waals surface area contributed by atoms with Crippen LogP contribution in [0, 0.1) is 0 Å². The highest BCUT2D eigenvalue weighted by Crippen LogP contribution is 2.21. The van der Waals surface area contributed by atoms with Crippen molar-refractivity contribution in [2.45, 2.75) is 6.54 Å². The molecule has 0 atom stereocenters. The zero-order chi connectivity index (χ0) is 14.5. The molecule has 2 heterocycles. The number of piperazine rings is 1. The highest BCUT2D eigenvalue weighted by atomic mass is 35.5. The van der Waals surface area contributed by atoms with Crippen LogP contribution < -0.4 is 10.2 Å². The molecule has 1 saturated heterocycles. The summed E-state index contributed by atoms with van der Waals surface area (Å²) >= 11 is 0. The molecule has 1 N–H and O–H groups in total. The van der Waals surface area contributed by atoms with E-state index >= 15 is 0 Å². The Morgan fingerprint density at radius 1 is 1.09 bits per heavy atom. The number of pyridine rings is 1. The van der Waals surface area contributed by atoms with Crippen molar-refractivity contribution in [1.82, 2.24) is 15.2 Å². The quantitative estimate of drug-likeness (QED) is 0.939. The van der Waals surface area contributed by atoms with E-state index in [1.165, 1.54) is 5.56 Å². The van der Waals surface area contributed by atoms with E-state index in [4.69, 9.17) is 0 Å². The lowest BCUT2D eigenvalue weighted by atomic mass is 10.2. The molecule has 3 rings (SSSR count). The van der Waals surface area contributed by atoms with Gasteiger partial charge in [0.2, 0.25) is 0 Å². The smallest absolute Gasteiger partial charge is 0.132 e. The topological polar surface area (TPSA) is 31.4 Å². The van der Waals surface area contributed by atoms with Crippen LogP contribution in [0.1, 0.15) is 5.56 Å². The Hall–Kier alpha value is -1.62. The fourth-order valence-electron chi connectivity index (χ4n) is 2.62. The SMILES string of the molecule is CN(c1ccccc1)c1ccc(CN2CCNCC2)cn1.Cl. The molecule has 5 heteroatoms. The van der Waals surface area contributed by atoms with Crippen molar-refractivity contribution >= 4 is 23.9 Å². The van der Waals surface area contributed by atoms with E-state index < -0.39 is 0 Å². The lowest BCUT2D eigenvalue weighted by molar-refractivity contribution is 0.233. The second-order valence-corrected chi connectivity index (χ2v) is 5.45. The van der Waals surface area contributed by atoms with Gasteiger partial charge in [-0.15, -0.1) is 12.4 Å². The first-order valence-electron chi connectivity index (χ1n) is 7.50. The minimum atomic E-state index is 0. The molecule has 1 aliphatic heterocycles. The first kappa shape index (κ1) is 16.7. The molecule has 1 aliphatic rings. The van der Waals surface area contributed by atoms with Gasteiger partial charge in [0.25, 0.3) is 0 Å². The van der Waals surface area contributed by atoms with Gasteiger partial charge in [-0.2, -0.15) is 0 Å². The fraction of sp³-hybridized carbons (Fsp3) is 0.353. The summed E-state index contributed by atoms with van der Waals surface area (Å²) in [7, 11) is 2.05. The number of halogens is 1. The number of anilines is 2. The van der Waals surface area contributed by atoms with E-state index in [2.05, 4.69) is 44.4 Å². The Morgan fingerprint density at radius 2 is 1.82 bits per heavy atom. The molecule has 0 unspecified atom stereocenters. The van der Waals surface area contributed by atoms with Gasteiger partial charge >= 0.3 is 0 Å². The zero-order valence-electron chi connectivity index (χ0n) is 12.9. The number of para-hydroxylation sites is 1. The Bertz CT molecular complexity index is 553. The maximum Gasteiger partial charge on any atom is 0.132 e. The number of aromatic nitrogens is 1. The molecule has 0 spiro atoms. The van der Waals surface area contributed by atoms with Crippen LogP contribution in [-0.2, 0) is 6.54 Å². The first-order valence-corrected chi connectivity index (χ1v) is 7.50. The normalized spacial score (nSPS) is 15.1. The van der Waals surface area contributed by atoms with Gasteiger partial charge in [-0.3, -0.25) is 4.90 Å². The molecule has 4 nitrogen and oxygen atoms in total. The third-order valence-corrected chi connectivity index (χ3v) is 3.91. The summed E-state index contributed by atoms with van der Waals surface area (Å²) in [6, 6.07) is 14.6. The molecule has 0 saturated carbocycles. The van der Waals surface area contributed by atoms with Crippen molar-refractivity contribution in [2.75, 3.05) is 38.1 Å². The van der Waals surface area contributed by atoms with Crippen molar-refractivity contribution < 1.29 is 0 Å². The molecule has 2 aromatic rings. The molecule has 22 heavy (non-hydrogen) atoms. The Morgan fingerprint density at radius 3 is 2.45 bits per heavy atom. The fourth-order valence-corrected chi connectivity index (χ4v) is 2.62. The van der Waals surface area contributed by atoms with Gasteiger partial charge in [-0.1, -0.05) is 24.3 Å². The standard InChI is InChI=1S/C17H22N4.ClH/c1-20(16-5-3-2-4-6-16)17-8-7-15(13-19-17)14-21-11-9-18-10-12-21;/h2-8,13,18H,9-12,14H2,1H3;1H. The summed E-state index contributed by atoms with van der Waals surface area (Å²) in [4.78, 5) is 9.18. The molecule has 0 bridgehead atoms. The zero-order valence-corrected chi connectivity index (χ0v) is 13.7. The van der Waals surface area contributed by atoms with Crippen LogP contribution in [0.2, 0.25) is 0 Å². The van der Waals surface area contributed by atoms with E-state index in [0.29, 0.717) is 0 Å². The van der Waals surface area contributed by atoms with Crippen LogP contribution in [0.15, 0.2) is 48.7 Å². The van der Waals surface area contributed by atoms with Crippen molar-refractivity contribution in [3.05, 3.63) is 54.2 Å². The summed E-state index contributed by atoms with van der Waals surface area (Å²) < 4.78 is 0. The average Bonchev–Trinajstić information content (AvgIpc) is 2.57. The number of benzene rings is 1. The van der Waals surface area contributed by atoms with Crippen LogP contribution in [0.25, 0.3) is 0 Å². The Kier molecular flexibility index (Phi) is 6.19. The van der Waals surface area contributed by atoms with E-state index in [1.807, 2.05) is 31.4 Å². The minimum absolute atomic E-state index is 0. The predicted octanol–water partition coefficient (Wildman–Crippen LogP) is 2.68. The van der Waals surface area contributed by atoms with Crippen LogP contribution in [0.3, 0.4) is 0 Å². The highest BCUT2D eigenvalue weighted by molar-refractivity contribution is 5.85. The summed E-state index contributed by atoms with van der Waals surface area (Å²) in [5.41, 5.74) is 2.43. The maximum absolute atomic E-state index is 4.60. The van der Waals surface area contributed by atoms with E-state index in [0.717, 1.165) is 44.2 Å². The van der Waals surface area contributed by atoms with E-state index in [9.17, 15) is 0 Å². The molecule has 1 fully saturated rings. The van der Waals surface area contributed by atoms with E-state index in [-0.39, 0.29) is 12.4 Å². The molecule has 0 amide bonds. The molecule has 1 aromatic carbocycles. The third kappa shape index (κ3) is 4.19. The molecular weight excluding hydrogens is 296 g/mol. The van der Waals surface area contributed by atoms with Gasteiger partial charge in [-0.05, 0) is 23.8 Å². The van der Waals surface area contributed by atoms with Gasteiger partial charge in [0, 0.05) is 51.7 Å². The van der Waals surface area contributed by atoms with Crippen LogP contribution in [-0.4, -0.2) is 43.1 Å². The summed E-state index contributed by atoms with van der Waals surface area (Å²) in [5.74, 6) is 0.977. The van der Waals surface area contributed by atoms with Gasteiger partial charge in [0.05, 0.1) is 0 Å². The Labute approximate surface area is 138 Å². The predicted molar refractivity (Wildman–Crippen MR) is 94.1 cm³/mol. The lowest BCUT2D eigenvalue weighted by Crippen LogP contribution is -2.42. The molecule has 0 aliphatic carbocycles. The van der Waals surface area contributed by atoms with Crippen LogP contribution >= 0.6 is 12.4 Å². The third-order valence-electron chi connectivity index (χ3n) is 3.91. The van der Waals surface area contributed by atoms with Gasteiger partial charge in [-0.25, -0.2) is 4.98 Å². The van der Waals surface area contributed by atoms with Gasteiger partial charge in [0.1, 0.15) is 5.82 Å². The highest BCUT2D eigenvalue weighted by Gasteiger charge is 2.10. The molecular formula is C17H23ClN4. The van der Waals surface area contributed by atoms with Gasteiger partial charge < -0.3 is 10.2 Å². The van der Waals surface area contributed by atoms with Gasteiger partial charge in [0.15, 0.2) is 0 Å². The summed E-state index contributed by atoms with van der Waals surface area (Å²) in [6.45, 7) is 5.39. The van der Waals surface area contributed by atoms with Crippen LogP contribution in [0.4, 0.5) is 11.5 Å². The average molecular weight is 319 g/mol. The Balaban J connectivity index is 0.00000176. The van der Waals surface area contributed by atoms with Crippen molar-refractivity contribution in [1.29, 1.82) is 0 Å². The first-order chi connectivity index (χ1) is 10.3. The number of nitrogens with one attached hydrogen (secondary N) is 1. The summed E-state index contributed by atoms with van der Waals surface area (Å²) in [6.07, 6.45) is 2.00. The number of hydrogen-bond donors (Lipinski definition) is 1. The lowest BCUT2D eigenvalue weighted by Gasteiger charge is -2.27. The van der Waals surface area contributed by atoms with E-state index in [1.54, 1.807) is 0 Å². The molecule has 1 aromatic heterocycles. The second kappa shape index (κ2) is 8.13. The molecule has 118 valence electrons. The van der Waals surface area contributed by atoms with Crippen molar-refractivity contribution in [3.8, 4) is 0 Å². The number of nitrogens with zero attached hydrogens (tertiary/aromatic N) is 3. The van der Waals surface area contributed by atoms with Crippen molar-refractivity contribution in [3.63, 3.8) is 0 Å². The largest absolute Gasteiger partial charge is 0.329 e. The number of hydrogen-bond acceptors (Lipinski definition) is 4. The van der Waals surface area contributed by atoms with Crippen LogP contribution in [0.5, 0.6) is 0 Å².